The SMILES string of the molecule is COc1cc(CN[C@H](C)Cn2nc(C)cc2C)cc2c1OCCO2. The van der Waals surface area contributed by atoms with Gasteiger partial charge in [0.1, 0.15) is 13.2 Å². The highest BCUT2D eigenvalue weighted by atomic mass is 16.6. The molecule has 1 aromatic heterocycles. The van der Waals surface area contributed by atoms with E-state index in [1.54, 1.807) is 7.11 Å². The number of nitrogens with zero attached hydrogens (tertiary/aromatic N) is 2. The Labute approximate surface area is 142 Å². The average molecular weight is 331 g/mol. The smallest absolute Gasteiger partial charge is 0.203 e. The van der Waals surface area contributed by atoms with Gasteiger partial charge < -0.3 is 19.5 Å². The number of aryl methyl sites for hydroxylation is 2. The van der Waals surface area contributed by atoms with Gasteiger partial charge in [-0.2, -0.15) is 5.10 Å². The van der Waals surface area contributed by atoms with Gasteiger partial charge in [0.2, 0.25) is 5.75 Å². The van der Waals surface area contributed by atoms with Crippen LogP contribution in [-0.4, -0.2) is 36.1 Å². The second-order valence-corrected chi connectivity index (χ2v) is 6.21. The van der Waals surface area contributed by atoms with Crippen LogP contribution in [0, 0.1) is 13.8 Å². The third kappa shape index (κ3) is 3.64. The molecule has 0 fully saturated rings. The molecule has 0 saturated heterocycles. The standard InChI is InChI=1S/C18H25N3O3/c1-12-7-14(3)21(20-12)11-13(2)19-10-15-8-16(22-4)18-17(9-15)23-5-6-24-18/h7-9,13,19H,5-6,10-11H2,1-4H3/t13-/m1/s1. The van der Waals surface area contributed by atoms with E-state index in [1.807, 2.05) is 23.7 Å². The van der Waals surface area contributed by atoms with Crippen LogP contribution >= 0.6 is 0 Å². The molecule has 0 amide bonds. The van der Waals surface area contributed by atoms with Crippen LogP contribution in [0.2, 0.25) is 0 Å². The van der Waals surface area contributed by atoms with Crippen LogP contribution in [0.4, 0.5) is 0 Å². The van der Waals surface area contributed by atoms with Gasteiger partial charge >= 0.3 is 0 Å². The number of methoxy groups -OCH3 is 1. The predicted molar refractivity (Wildman–Crippen MR) is 92.0 cm³/mol. The first-order chi connectivity index (χ1) is 11.6. The van der Waals surface area contributed by atoms with Gasteiger partial charge in [-0.3, -0.25) is 4.68 Å². The Balaban J connectivity index is 1.64. The highest BCUT2D eigenvalue weighted by Crippen LogP contribution is 2.40. The molecule has 6 heteroatoms. The molecule has 0 spiro atoms. The predicted octanol–water partition coefficient (Wildman–Crippen LogP) is 2.46. The van der Waals surface area contributed by atoms with Crippen LogP contribution in [0.5, 0.6) is 17.2 Å². The van der Waals surface area contributed by atoms with Crippen molar-refractivity contribution in [3.63, 3.8) is 0 Å². The van der Waals surface area contributed by atoms with E-state index in [4.69, 9.17) is 14.2 Å². The summed E-state index contributed by atoms with van der Waals surface area (Å²) in [6.07, 6.45) is 0. The van der Waals surface area contributed by atoms with E-state index in [-0.39, 0.29) is 0 Å². The maximum atomic E-state index is 5.68. The fourth-order valence-electron chi connectivity index (χ4n) is 2.91. The molecule has 1 aliphatic heterocycles. The van der Waals surface area contributed by atoms with Gasteiger partial charge in [0.05, 0.1) is 19.3 Å². The molecule has 0 bridgehead atoms. The Morgan fingerprint density at radius 1 is 1.25 bits per heavy atom. The number of rotatable bonds is 6. The van der Waals surface area contributed by atoms with E-state index in [0.717, 1.165) is 35.8 Å². The van der Waals surface area contributed by atoms with Crippen molar-refractivity contribution in [1.29, 1.82) is 0 Å². The van der Waals surface area contributed by atoms with Gasteiger partial charge in [0.25, 0.3) is 0 Å². The summed E-state index contributed by atoms with van der Waals surface area (Å²) in [4.78, 5) is 0. The highest BCUT2D eigenvalue weighted by Gasteiger charge is 2.18. The minimum atomic E-state index is 0.294. The molecule has 6 nitrogen and oxygen atoms in total. The largest absolute Gasteiger partial charge is 0.493 e. The fraction of sp³-hybridized carbons (Fsp3) is 0.500. The van der Waals surface area contributed by atoms with Crippen LogP contribution in [0.1, 0.15) is 23.9 Å². The molecule has 2 heterocycles. The van der Waals surface area contributed by atoms with Crippen LogP contribution < -0.4 is 19.5 Å². The van der Waals surface area contributed by atoms with Crippen molar-refractivity contribution in [2.24, 2.45) is 0 Å². The van der Waals surface area contributed by atoms with Gasteiger partial charge in [-0.05, 0) is 44.5 Å². The molecular formula is C18H25N3O3. The average Bonchev–Trinajstić information content (AvgIpc) is 2.89. The first kappa shape index (κ1) is 16.6. The zero-order valence-corrected chi connectivity index (χ0v) is 14.8. The van der Waals surface area contributed by atoms with E-state index < -0.39 is 0 Å². The second kappa shape index (κ2) is 7.13. The molecule has 24 heavy (non-hydrogen) atoms. The van der Waals surface area contributed by atoms with Crippen molar-refractivity contribution >= 4 is 0 Å². The number of hydrogen-bond acceptors (Lipinski definition) is 5. The van der Waals surface area contributed by atoms with E-state index >= 15 is 0 Å². The Kier molecular flexibility index (Phi) is 4.94. The van der Waals surface area contributed by atoms with Crippen LogP contribution in [-0.2, 0) is 13.1 Å². The summed E-state index contributed by atoms with van der Waals surface area (Å²) in [6.45, 7) is 8.95. The summed E-state index contributed by atoms with van der Waals surface area (Å²) in [5, 5.41) is 8.04. The fourth-order valence-corrected chi connectivity index (χ4v) is 2.91. The van der Waals surface area contributed by atoms with Gasteiger partial charge in [-0.25, -0.2) is 0 Å². The number of hydrogen-bond donors (Lipinski definition) is 1. The van der Waals surface area contributed by atoms with E-state index in [1.165, 1.54) is 5.69 Å². The van der Waals surface area contributed by atoms with Crippen molar-refractivity contribution in [2.45, 2.75) is 39.9 Å². The highest BCUT2D eigenvalue weighted by molar-refractivity contribution is 5.54. The van der Waals surface area contributed by atoms with E-state index in [9.17, 15) is 0 Å². The molecule has 1 N–H and O–H groups in total. The lowest BCUT2D eigenvalue weighted by atomic mass is 10.1. The van der Waals surface area contributed by atoms with Crippen molar-refractivity contribution in [1.82, 2.24) is 15.1 Å². The minimum Gasteiger partial charge on any atom is -0.493 e. The minimum absolute atomic E-state index is 0.294. The summed E-state index contributed by atoms with van der Waals surface area (Å²) >= 11 is 0. The Morgan fingerprint density at radius 2 is 2.04 bits per heavy atom. The number of ether oxygens (including phenoxy) is 3. The van der Waals surface area contributed by atoms with Crippen LogP contribution in [0.15, 0.2) is 18.2 Å². The zero-order chi connectivity index (χ0) is 17.1. The Bertz CT molecular complexity index is 695. The molecular weight excluding hydrogens is 306 g/mol. The van der Waals surface area contributed by atoms with Gasteiger partial charge in [-0.15, -0.1) is 0 Å². The lowest BCUT2D eigenvalue weighted by molar-refractivity contribution is 0.165. The quantitative estimate of drug-likeness (QED) is 0.881. The van der Waals surface area contributed by atoms with Crippen molar-refractivity contribution in [3.8, 4) is 17.2 Å². The van der Waals surface area contributed by atoms with E-state index in [0.29, 0.717) is 25.0 Å². The summed E-state index contributed by atoms with van der Waals surface area (Å²) in [6, 6.07) is 6.40. The van der Waals surface area contributed by atoms with Crippen molar-refractivity contribution in [3.05, 3.63) is 35.2 Å². The summed E-state index contributed by atoms with van der Waals surface area (Å²) in [7, 11) is 1.65. The lowest BCUT2D eigenvalue weighted by Crippen LogP contribution is -2.30. The summed E-state index contributed by atoms with van der Waals surface area (Å²) in [5.41, 5.74) is 3.34. The second-order valence-electron chi connectivity index (χ2n) is 6.21. The summed E-state index contributed by atoms with van der Waals surface area (Å²) < 4.78 is 18.8. The normalized spacial score (nSPS) is 14.5. The molecule has 130 valence electrons. The van der Waals surface area contributed by atoms with Gasteiger partial charge in [0.15, 0.2) is 11.5 Å². The van der Waals surface area contributed by atoms with E-state index in [2.05, 4.69) is 30.3 Å². The molecule has 1 aliphatic rings. The number of nitrogens with one attached hydrogen (secondary N) is 1. The summed E-state index contributed by atoms with van der Waals surface area (Å²) in [5.74, 6) is 2.17. The maximum absolute atomic E-state index is 5.68. The molecule has 1 atom stereocenters. The Morgan fingerprint density at radius 3 is 2.75 bits per heavy atom. The molecule has 0 saturated carbocycles. The maximum Gasteiger partial charge on any atom is 0.203 e. The van der Waals surface area contributed by atoms with Crippen LogP contribution in [0.25, 0.3) is 0 Å². The topological polar surface area (TPSA) is 57.5 Å². The van der Waals surface area contributed by atoms with Crippen molar-refractivity contribution < 1.29 is 14.2 Å². The van der Waals surface area contributed by atoms with Crippen molar-refractivity contribution in [2.75, 3.05) is 20.3 Å². The molecule has 1 aromatic carbocycles. The van der Waals surface area contributed by atoms with Crippen LogP contribution in [0.3, 0.4) is 0 Å². The van der Waals surface area contributed by atoms with Gasteiger partial charge in [-0.1, -0.05) is 0 Å². The first-order valence-corrected chi connectivity index (χ1v) is 8.27. The third-order valence-corrected chi connectivity index (χ3v) is 4.09. The molecule has 3 rings (SSSR count). The van der Waals surface area contributed by atoms with Gasteiger partial charge in [0, 0.05) is 18.3 Å². The molecule has 0 radical (unpaired) electrons. The number of benzene rings is 1. The first-order valence-electron chi connectivity index (χ1n) is 8.27. The number of aromatic nitrogens is 2. The number of fused-ring (bicyclic) bond motifs is 1. The molecule has 0 unspecified atom stereocenters. The third-order valence-electron chi connectivity index (χ3n) is 4.09. The monoisotopic (exact) mass is 331 g/mol. The lowest BCUT2D eigenvalue weighted by Gasteiger charge is -2.22. The molecule has 2 aromatic rings. The zero-order valence-electron chi connectivity index (χ0n) is 14.8. The Hall–Kier alpha value is -2.21. The molecule has 0 aliphatic carbocycles.